The fourth-order valence-corrected chi connectivity index (χ4v) is 3.71. The number of methoxy groups -OCH3 is 3. The minimum atomic E-state index is -0.872. The van der Waals surface area contributed by atoms with Gasteiger partial charge in [-0.2, -0.15) is 0 Å². The number of aromatic nitrogens is 2. The molecule has 3 N–H and O–H groups in total. The normalized spacial score (nSPS) is 11.6. The van der Waals surface area contributed by atoms with Crippen LogP contribution in [0.1, 0.15) is 34.9 Å². The maximum atomic E-state index is 12.8. The number of ether oxygens (including phenoxy) is 3. The van der Waals surface area contributed by atoms with Crippen LogP contribution in [0.25, 0.3) is 0 Å². The quantitative estimate of drug-likeness (QED) is 0.422. The molecule has 1 aromatic carbocycles. The Morgan fingerprint density at radius 1 is 1.21 bits per heavy atom. The van der Waals surface area contributed by atoms with E-state index in [1.165, 1.54) is 27.4 Å². The first-order chi connectivity index (χ1) is 15.9. The van der Waals surface area contributed by atoms with E-state index in [1.54, 1.807) is 31.6 Å². The van der Waals surface area contributed by atoms with E-state index >= 15 is 0 Å². The molecule has 0 aliphatic heterocycles. The fraction of sp³-hybridized carbons (Fsp3) is 0.348. The third-order valence-corrected chi connectivity index (χ3v) is 5.21. The second-order valence-electron chi connectivity index (χ2n) is 7.30. The summed E-state index contributed by atoms with van der Waals surface area (Å²) in [6.45, 7) is 1.92. The van der Waals surface area contributed by atoms with Crippen molar-refractivity contribution >= 4 is 5.91 Å². The lowest BCUT2D eigenvalue weighted by Gasteiger charge is -2.22. The van der Waals surface area contributed by atoms with Gasteiger partial charge in [0.15, 0.2) is 11.5 Å². The Kier molecular flexibility index (Phi) is 7.60. The zero-order chi connectivity index (χ0) is 24.0. The average Bonchev–Trinajstić information content (AvgIpc) is 3.30. The first-order valence-corrected chi connectivity index (χ1v) is 10.3. The Labute approximate surface area is 190 Å². The summed E-state index contributed by atoms with van der Waals surface area (Å²) in [5.41, 5.74) is 0.560. The second-order valence-corrected chi connectivity index (χ2v) is 7.30. The summed E-state index contributed by atoms with van der Waals surface area (Å²) in [7, 11) is 4.39. The summed E-state index contributed by atoms with van der Waals surface area (Å²) in [6.07, 6.45) is 3.67. The highest BCUT2D eigenvalue weighted by Gasteiger charge is 2.30. The summed E-state index contributed by atoms with van der Waals surface area (Å²) >= 11 is 0. The highest BCUT2D eigenvalue weighted by atomic mass is 16.5. The van der Waals surface area contributed by atoms with Gasteiger partial charge in [-0.05, 0) is 13.0 Å². The molecule has 0 saturated carbocycles. The monoisotopic (exact) mass is 457 g/mol. The van der Waals surface area contributed by atoms with Crippen LogP contribution < -0.4 is 25.2 Å². The molecule has 0 unspecified atom stereocenters. The molecule has 0 aliphatic rings. The Hall–Kier alpha value is -3.95. The Morgan fingerprint density at radius 2 is 1.97 bits per heavy atom. The van der Waals surface area contributed by atoms with Crippen molar-refractivity contribution in [3.63, 3.8) is 0 Å². The van der Waals surface area contributed by atoms with Gasteiger partial charge in [0, 0.05) is 48.8 Å². The Bertz CT molecular complexity index is 1160. The molecule has 2 aromatic heterocycles. The predicted octanol–water partition coefficient (Wildman–Crippen LogP) is 2.28. The molecule has 176 valence electrons. The largest absolute Gasteiger partial charge is 0.507 e. The molecule has 33 heavy (non-hydrogen) atoms. The number of nitrogens with one attached hydrogen (secondary N) is 2. The van der Waals surface area contributed by atoms with Crippen molar-refractivity contribution in [2.75, 3.05) is 27.9 Å². The van der Waals surface area contributed by atoms with E-state index < -0.39 is 11.5 Å². The standard InChI is InChI=1S/C23H27N3O7/c1-13-9-17(27)20(23(29)33-13)16(10-19(28)25-8-7-14-11-24-12-26-14)15-5-6-18(30-2)22(32-4)21(15)31-3/h5-6,9,11-12,16,27H,7-8,10H2,1-4H3,(H,24,26)(H,25,28)/t16-/m1/s1. The minimum Gasteiger partial charge on any atom is -0.507 e. The number of rotatable bonds is 10. The average molecular weight is 457 g/mol. The van der Waals surface area contributed by atoms with Crippen molar-refractivity contribution in [1.29, 1.82) is 0 Å². The lowest BCUT2D eigenvalue weighted by molar-refractivity contribution is -0.121. The van der Waals surface area contributed by atoms with Gasteiger partial charge in [-0.15, -0.1) is 0 Å². The number of benzene rings is 1. The molecule has 0 bridgehead atoms. The first-order valence-electron chi connectivity index (χ1n) is 10.3. The third kappa shape index (κ3) is 5.28. The summed E-state index contributed by atoms with van der Waals surface area (Å²) in [5, 5.41) is 13.4. The van der Waals surface area contributed by atoms with Crippen LogP contribution in [0.4, 0.5) is 0 Å². The topological polar surface area (TPSA) is 136 Å². The first kappa shape index (κ1) is 23.7. The second kappa shape index (κ2) is 10.6. The van der Waals surface area contributed by atoms with Crippen molar-refractivity contribution in [2.45, 2.75) is 25.7 Å². The molecule has 3 rings (SSSR count). The molecule has 10 nitrogen and oxygen atoms in total. The van der Waals surface area contributed by atoms with Gasteiger partial charge in [-0.1, -0.05) is 6.07 Å². The van der Waals surface area contributed by atoms with E-state index in [2.05, 4.69) is 15.3 Å². The van der Waals surface area contributed by atoms with Gasteiger partial charge in [0.25, 0.3) is 0 Å². The number of aromatic hydroxyl groups is 1. The lowest BCUT2D eigenvalue weighted by Crippen LogP contribution is -2.29. The number of nitrogens with zero attached hydrogens (tertiary/aromatic N) is 1. The summed E-state index contributed by atoms with van der Waals surface area (Å²) < 4.78 is 21.6. The van der Waals surface area contributed by atoms with Crippen LogP contribution in [0.3, 0.4) is 0 Å². The molecule has 0 saturated heterocycles. The smallest absolute Gasteiger partial charge is 0.343 e. The number of hydrogen-bond acceptors (Lipinski definition) is 8. The fourth-order valence-electron chi connectivity index (χ4n) is 3.71. The number of carbonyl (C=O) groups is 1. The summed E-state index contributed by atoms with van der Waals surface area (Å²) in [5.74, 6) is -0.204. The summed E-state index contributed by atoms with van der Waals surface area (Å²) in [4.78, 5) is 32.5. The molecule has 1 atom stereocenters. The predicted molar refractivity (Wildman–Crippen MR) is 119 cm³/mol. The van der Waals surface area contributed by atoms with E-state index in [0.717, 1.165) is 5.69 Å². The lowest BCUT2D eigenvalue weighted by atomic mass is 9.87. The molecular formula is C23H27N3O7. The molecule has 1 amide bonds. The van der Waals surface area contributed by atoms with E-state index in [1.807, 2.05) is 0 Å². The van der Waals surface area contributed by atoms with Crippen LogP contribution in [0.5, 0.6) is 23.0 Å². The van der Waals surface area contributed by atoms with Crippen molar-refractivity contribution < 1.29 is 28.5 Å². The molecule has 0 aliphatic carbocycles. The Morgan fingerprint density at radius 3 is 2.58 bits per heavy atom. The van der Waals surface area contributed by atoms with Crippen LogP contribution in [0.15, 0.2) is 39.9 Å². The number of imidazole rings is 1. The molecule has 3 aromatic rings. The number of carbonyl (C=O) groups excluding carboxylic acids is 1. The zero-order valence-corrected chi connectivity index (χ0v) is 18.9. The van der Waals surface area contributed by atoms with Gasteiger partial charge in [0.1, 0.15) is 11.5 Å². The van der Waals surface area contributed by atoms with E-state index in [0.29, 0.717) is 30.0 Å². The number of amides is 1. The minimum absolute atomic E-state index is 0.0464. The molecule has 0 fully saturated rings. The van der Waals surface area contributed by atoms with Gasteiger partial charge in [0.2, 0.25) is 11.7 Å². The molecule has 2 heterocycles. The van der Waals surface area contributed by atoms with Crippen LogP contribution in [0.2, 0.25) is 0 Å². The zero-order valence-electron chi connectivity index (χ0n) is 18.9. The highest BCUT2D eigenvalue weighted by molar-refractivity contribution is 5.78. The van der Waals surface area contributed by atoms with Crippen molar-refractivity contribution in [2.24, 2.45) is 0 Å². The van der Waals surface area contributed by atoms with E-state index in [9.17, 15) is 14.7 Å². The van der Waals surface area contributed by atoms with Gasteiger partial charge < -0.3 is 34.0 Å². The van der Waals surface area contributed by atoms with Crippen LogP contribution in [-0.2, 0) is 11.2 Å². The molecule has 0 spiro atoms. The van der Waals surface area contributed by atoms with Crippen molar-refractivity contribution in [3.05, 3.63) is 63.7 Å². The van der Waals surface area contributed by atoms with E-state index in [4.69, 9.17) is 18.6 Å². The van der Waals surface area contributed by atoms with Gasteiger partial charge >= 0.3 is 5.63 Å². The van der Waals surface area contributed by atoms with Gasteiger partial charge in [-0.25, -0.2) is 9.78 Å². The number of aromatic amines is 1. The Balaban J connectivity index is 2.00. The van der Waals surface area contributed by atoms with Gasteiger partial charge in [0.05, 0.1) is 33.2 Å². The van der Waals surface area contributed by atoms with Crippen molar-refractivity contribution in [3.8, 4) is 23.0 Å². The molecule has 0 radical (unpaired) electrons. The number of hydrogen-bond donors (Lipinski definition) is 3. The van der Waals surface area contributed by atoms with E-state index in [-0.39, 0.29) is 35.2 Å². The van der Waals surface area contributed by atoms with Crippen molar-refractivity contribution in [1.82, 2.24) is 15.3 Å². The van der Waals surface area contributed by atoms with Crippen LogP contribution in [0, 0.1) is 6.92 Å². The van der Waals surface area contributed by atoms with Crippen LogP contribution >= 0.6 is 0 Å². The maximum Gasteiger partial charge on any atom is 0.343 e. The highest BCUT2D eigenvalue weighted by Crippen LogP contribution is 2.45. The van der Waals surface area contributed by atoms with Crippen LogP contribution in [-0.4, -0.2) is 48.9 Å². The number of aryl methyl sites for hydroxylation is 1. The third-order valence-electron chi connectivity index (χ3n) is 5.21. The summed E-state index contributed by atoms with van der Waals surface area (Å²) in [6, 6.07) is 4.65. The molecular weight excluding hydrogens is 430 g/mol. The SMILES string of the molecule is COc1ccc([C@@H](CC(=O)NCCc2cnc[nH]2)c2c(O)cc(C)oc2=O)c(OC)c1OC. The van der Waals surface area contributed by atoms with Gasteiger partial charge in [-0.3, -0.25) is 4.79 Å². The number of H-pyrrole nitrogens is 1. The maximum absolute atomic E-state index is 12.8. The molecule has 10 heteroatoms.